The van der Waals surface area contributed by atoms with E-state index in [1.807, 2.05) is 42.5 Å². The molecule has 0 amide bonds. The molecule has 0 radical (unpaired) electrons. The third-order valence-corrected chi connectivity index (χ3v) is 4.14. The minimum absolute atomic E-state index is 0.0920. The summed E-state index contributed by atoms with van der Waals surface area (Å²) in [5.41, 5.74) is 1.45. The first-order valence-electron chi connectivity index (χ1n) is 7.97. The molecular weight excluding hydrogens is 330 g/mol. The van der Waals surface area contributed by atoms with Gasteiger partial charge in [0.1, 0.15) is 0 Å². The summed E-state index contributed by atoms with van der Waals surface area (Å²) in [6, 6.07) is 22.7. The molecule has 26 heavy (non-hydrogen) atoms. The van der Waals surface area contributed by atoms with E-state index in [0.717, 1.165) is 10.9 Å². The van der Waals surface area contributed by atoms with Gasteiger partial charge in [-0.3, -0.25) is 14.9 Å². The van der Waals surface area contributed by atoms with Gasteiger partial charge in [0.25, 0.3) is 11.2 Å². The van der Waals surface area contributed by atoms with E-state index in [2.05, 4.69) is 5.10 Å². The van der Waals surface area contributed by atoms with Crippen molar-refractivity contribution in [3.8, 4) is 16.9 Å². The van der Waals surface area contributed by atoms with Crippen LogP contribution in [0.5, 0.6) is 0 Å². The summed E-state index contributed by atoms with van der Waals surface area (Å²) in [7, 11) is 0. The molecule has 0 saturated carbocycles. The van der Waals surface area contributed by atoms with Gasteiger partial charge in [-0.15, -0.1) is 0 Å². The fourth-order valence-corrected chi connectivity index (χ4v) is 2.91. The second-order valence-corrected chi connectivity index (χ2v) is 5.75. The monoisotopic (exact) mass is 343 g/mol. The number of nitro groups is 1. The van der Waals surface area contributed by atoms with Crippen molar-refractivity contribution in [2.24, 2.45) is 0 Å². The van der Waals surface area contributed by atoms with Crippen LogP contribution in [0.3, 0.4) is 0 Å². The Morgan fingerprint density at radius 3 is 2.27 bits per heavy atom. The maximum atomic E-state index is 12.9. The molecule has 1 heterocycles. The zero-order valence-electron chi connectivity index (χ0n) is 13.6. The number of benzene rings is 3. The lowest BCUT2D eigenvalue weighted by molar-refractivity contribution is -0.384. The van der Waals surface area contributed by atoms with Crippen molar-refractivity contribution in [3.05, 3.63) is 99.3 Å². The Labute approximate surface area is 148 Å². The highest BCUT2D eigenvalue weighted by Crippen LogP contribution is 2.25. The van der Waals surface area contributed by atoms with Crippen molar-refractivity contribution in [1.29, 1.82) is 0 Å². The van der Waals surface area contributed by atoms with E-state index in [-0.39, 0.29) is 11.2 Å². The van der Waals surface area contributed by atoms with Crippen molar-refractivity contribution < 1.29 is 4.92 Å². The van der Waals surface area contributed by atoms with Gasteiger partial charge in [0.2, 0.25) is 0 Å². The molecule has 1 aromatic heterocycles. The molecule has 0 aliphatic heterocycles. The average molecular weight is 343 g/mol. The number of fused-ring (bicyclic) bond motifs is 1. The molecule has 0 bridgehead atoms. The lowest BCUT2D eigenvalue weighted by atomic mass is 10.1. The number of rotatable bonds is 3. The Balaban J connectivity index is 2.05. The van der Waals surface area contributed by atoms with Crippen LogP contribution >= 0.6 is 0 Å². The van der Waals surface area contributed by atoms with Crippen LogP contribution in [0.15, 0.2) is 83.7 Å². The van der Waals surface area contributed by atoms with Crippen LogP contribution < -0.4 is 5.56 Å². The van der Waals surface area contributed by atoms with Crippen LogP contribution in [-0.4, -0.2) is 14.7 Å². The third-order valence-electron chi connectivity index (χ3n) is 4.14. The van der Waals surface area contributed by atoms with E-state index in [4.69, 9.17) is 0 Å². The van der Waals surface area contributed by atoms with Gasteiger partial charge in [0.15, 0.2) is 0 Å². The summed E-state index contributed by atoms with van der Waals surface area (Å²) in [5, 5.41) is 16.8. The Kier molecular flexibility index (Phi) is 3.78. The van der Waals surface area contributed by atoms with E-state index >= 15 is 0 Å². The van der Waals surface area contributed by atoms with E-state index in [1.54, 1.807) is 24.3 Å². The van der Waals surface area contributed by atoms with Crippen molar-refractivity contribution in [2.75, 3.05) is 0 Å². The minimum Gasteiger partial charge on any atom is -0.267 e. The summed E-state index contributed by atoms with van der Waals surface area (Å²) in [4.78, 5) is 23.5. The molecule has 0 aliphatic rings. The minimum atomic E-state index is -0.492. The molecular formula is C20H13N3O3. The predicted molar refractivity (Wildman–Crippen MR) is 99.4 cm³/mol. The largest absolute Gasteiger partial charge is 0.279 e. The number of non-ortho nitro benzene ring substituents is 1. The van der Waals surface area contributed by atoms with Gasteiger partial charge in [-0.25, -0.2) is 0 Å². The Hall–Kier alpha value is -3.80. The van der Waals surface area contributed by atoms with Gasteiger partial charge in [0, 0.05) is 23.1 Å². The van der Waals surface area contributed by atoms with Gasteiger partial charge in [-0.1, -0.05) is 54.6 Å². The Morgan fingerprint density at radius 1 is 0.846 bits per heavy atom. The first-order valence-corrected chi connectivity index (χ1v) is 7.97. The molecule has 6 heteroatoms. The quantitative estimate of drug-likeness (QED) is 0.417. The van der Waals surface area contributed by atoms with Crippen LogP contribution in [-0.2, 0) is 0 Å². The summed E-state index contributed by atoms with van der Waals surface area (Å²) < 4.78 is 1.22. The fourth-order valence-electron chi connectivity index (χ4n) is 2.91. The standard InChI is InChI=1S/C20H13N3O3/c24-20-18-12-5-4-11-17(18)19(14-7-2-1-3-8-14)21-22(20)15-9-6-10-16(13-15)23(25)26/h1-13H. The Morgan fingerprint density at radius 2 is 1.54 bits per heavy atom. The van der Waals surface area contributed by atoms with Crippen molar-refractivity contribution in [3.63, 3.8) is 0 Å². The van der Waals surface area contributed by atoms with Gasteiger partial charge < -0.3 is 0 Å². The average Bonchev–Trinajstić information content (AvgIpc) is 2.69. The van der Waals surface area contributed by atoms with Gasteiger partial charge in [-0.2, -0.15) is 9.78 Å². The molecule has 0 aliphatic carbocycles. The van der Waals surface area contributed by atoms with Gasteiger partial charge >= 0.3 is 0 Å². The number of hydrogen-bond acceptors (Lipinski definition) is 4. The SMILES string of the molecule is O=c1c2ccccc2c(-c2ccccc2)nn1-c1cccc([N+](=O)[O-])c1. The summed E-state index contributed by atoms with van der Waals surface area (Å²) in [5.74, 6) is 0. The highest BCUT2D eigenvalue weighted by atomic mass is 16.6. The molecule has 0 spiro atoms. The van der Waals surface area contributed by atoms with E-state index in [9.17, 15) is 14.9 Å². The number of nitrogens with zero attached hydrogens (tertiary/aromatic N) is 3. The molecule has 3 aromatic carbocycles. The molecule has 0 fully saturated rings. The molecule has 0 saturated heterocycles. The second kappa shape index (κ2) is 6.25. The van der Waals surface area contributed by atoms with Gasteiger partial charge in [0.05, 0.1) is 21.7 Å². The van der Waals surface area contributed by atoms with E-state index in [0.29, 0.717) is 16.8 Å². The Bertz CT molecular complexity index is 1180. The number of nitro benzene ring substituents is 1. The van der Waals surface area contributed by atoms with Crippen LogP contribution in [0.4, 0.5) is 5.69 Å². The maximum absolute atomic E-state index is 12.9. The highest BCUT2D eigenvalue weighted by molar-refractivity contribution is 5.93. The normalized spacial score (nSPS) is 10.8. The van der Waals surface area contributed by atoms with Crippen LogP contribution in [0, 0.1) is 10.1 Å². The van der Waals surface area contributed by atoms with Crippen molar-refractivity contribution >= 4 is 16.5 Å². The summed E-state index contributed by atoms with van der Waals surface area (Å²) in [6.07, 6.45) is 0. The molecule has 0 atom stereocenters. The topological polar surface area (TPSA) is 78.0 Å². The van der Waals surface area contributed by atoms with Crippen LogP contribution in [0.1, 0.15) is 0 Å². The van der Waals surface area contributed by atoms with Crippen molar-refractivity contribution in [1.82, 2.24) is 9.78 Å². The predicted octanol–water partition coefficient (Wildman–Crippen LogP) is 3.96. The van der Waals surface area contributed by atoms with Crippen LogP contribution in [0.2, 0.25) is 0 Å². The molecule has 0 unspecified atom stereocenters. The summed E-state index contributed by atoms with van der Waals surface area (Å²) >= 11 is 0. The smallest absolute Gasteiger partial charge is 0.267 e. The lowest BCUT2D eigenvalue weighted by Gasteiger charge is -2.11. The number of hydrogen-bond donors (Lipinski definition) is 0. The molecule has 126 valence electrons. The maximum Gasteiger partial charge on any atom is 0.279 e. The van der Waals surface area contributed by atoms with Gasteiger partial charge in [-0.05, 0) is 12.1 Å². The summed E-state index contributed by atoms with van der Waals surface area (Å²) in [6.45, 7) is 0. The first kappa shape index (κ1) is 15.7. The zero-order chi connectivity index (χ0) is 18.1. The molecule has 0 N–H and O–H groups in total. The van der Waals surface area contributed by atoms with Crippen LogP contribution in [0.25, 0.3) is 27.7 Å². The lowest BCUT2D eigenvalue weighted by Crippen LogP contribution is -2.22. The third kappa shape index (κ3) is 2.63. The van der Waals surface area contributed by atoms with Crippen molar-refractivity contribution in [2.45, 2.75) is 0 Å². The molecule has 6 nitrogen and oxygen atoms in total. The molecule has 4 rings (SSSR count). The number of aromatic nitrogens is 2. The fraction of sp³-hybridized carbons (Fsp3) is 0. The zero-order valence-corrected chi connectivity index (χ0v) is 13.6. The second-order valence-electron chi connectivity index (χ2n) is 5.75. The van der Waals surface area contributed by atoms with E-state index in [1.165, 1.54) is 16.8 Å². The highest BCUT2D eigenvalue weighted by Gasteiger charge is 2.14. The first-order chi connectivity index (χ1) is 12.6. The van der Waals surface area contributed by atoms with E-state index < -0.39 is 4.92 Å². The molecule has 4 aromatic rings.